The van der Waals surface area contributed by atoms with E-state index < -0.39 is 0 Å². The van der Waals surface area contributed by atoms with Crippen LogP contribution in [0.4, 0.5) is 5.82 Å². The summed E-state index contributed by atoms with van der Waals surface area (Å²) >= 11 is 0. The van der Waals surface area contributed by atoms with Crippen molar-refractivity contribution in [3.05, 3.63) is 18.2 Å². The van der Waals surface area contributed by atoms with Gasteiger partial charge < -0.3 is 15.2 Å². The molecule has 1 aromatic rings. The summed E-state index contributed by atoms with van der Waals surface area (Å²) in [6.07, 6.45) is 1.62. The van der Waals surface area contributed by atoms with Crippen molar-refractivity contribution in [2.45, 2.75) is 39.2 Å². The minimum absolute atomic E-state index is 0.132. The highest BCUT2D eigenvalue weighted by Crippen LogP contribution is 2.21. The molecule has 1 unspecified atom stereocenters. The summed E-state index contributed by atoms with van der Waals surface area (Å²) in [4.78, 5) is 4.36. The lowest BCUT2D eigenvalue weighted by molar-refractivity contribution is 0.251. The molecule has 0 amide bonds. The summed E-state index contributed by atoms with van der Waals surface area (Å²) in [6.45, 7) is 6.89. The van der Waals surface area contributed by atoms with Crippen molar-refractivity contribution in [3.8, 4) is 5.88 Å². The van der Waals surface area contributed by atoms with Gasteiger partial charge in [-0.3, -0.25) is 0 Å². The van der Waals surface area contributed by atoms with E-state index in [4.69, 9.17) is 9.84 Å². The number of anilines is 1. The van der Waals surface area contributed by atoms with Gasteiger partial charge in [0.05, 0.1) is 6.61 Å². The normalized spacial score (nSPS) is 14.1. The number of aliphatic hydroxyl groups excluding tert-OH is 1. The van der Waals surface area contributed by atoms with Gasteiger partial charge in [-0.05, 0) is 32.8 Å². The smallest absolute Gasteiger partial charge is 0.215 e. The van der Waals surface area contributed by atoms with Gasteiger partial charge in [-0.1, -0.05) is 13.0 Å². The first-order valence-electron chi connectivity index (χ1n) is 6.12. The zero-order valence-electron chi connectivity index (χ0n) is 10.9. The third-order valence-electron chi connectivity index (χ3n) is 2.89. The average molecular weight is 238 g/mol. The van der Waals surface area contributed by atoms with E-state index in [1.54, 1.807) is 0 Å². The summed E-state index contributed by atoms with van der Waals surface area (Å²) in [5.41, 5.74) is -0.132. The Morgan fingerprint density at radius 1 is 1.41 bits per heavy atom. The zero-order chi connectivity index (χ0) is 12.7. The van der Waals surface area contributed by atoms with E-state index >= 15 is 0 Å². The third-order valence-corrected chi connectivity index (χ3v) is 2.89. The van der Waals surface area contributed by atoms with Crippen LogP contribution in [0, 0.1) is 0 Å². The van der Waals surface area contributed by atoms with Crippen LogP contribution >= 0.6 is 0 Å². The Labute approximate surface area is 103 Å². The molecule has 4 nitrogen and oxygen atoms in total. The lowest BCUT2D eigenvalue weighted by Gasteiger charge is -2.29. The number of aliphatic hydroxyl groups is 1. The van der Waals surface area contributed by atoms with Gasteiger partial charge in [0.2, 0.25) is 5.88 Å². The van der Waals surface area contributed by atoms with Crippen LogP contribution in [0.25, 0.3) is 0 Å². The highest BCUT2D eigenvalue weighted by molar-refractivity contribution is 5.39. The molecule has 0 aliphatic heterocycles. The minimum atomic E-state index is -0.132. The molecule has 2 N–H and O–H groups in total. The van der Waals surface area contributed by atoms with Crippen LogP contribution in [-0.2, 0) is 0 Å². The molecule has 0 aliphatic rings. The number of aromatic nitrogens is 1. The molecular formula is C13H22N2O2. The summed E-state index contributed by atoms with van der Waals surface area (Å²) in [5.74, 6) is 1.41. The van der Waals surface area contributed by atoms with Crippen LogP contribution < -0.4 is 10.1 Å². The van der Waals surface area contributed by atoms with E-state index in [1.807, 2.05) is 25.1 Å². The standard InChI is InChI=1S/C13H22N2O2/c1-4-13(3,9-10-16)15-11-7-6-8-12(14-11)17-5-2/h6-8,16H,4-5,9-10H2,1-3H3,(H,14,15). The molecule has 1 heterocycles. The zero-order valence-corrected chi connectivity index (χ0v) is 10.9. The summed E-state index contributed by atoms with van der Waals surface area (Å²) in [5, 5.41) is 12.4. The number of nitrogens with one attached hydrogen (secondary N) is 1. The SMILES string of the molecule is CCOc1cccc(NC(C)(CC)CCO)n1. The predicted octanol–water partition coefficient (Wildman–Crippen LogP) is 2.44. The van der Waals surface area contributed by atoms with Gasteiger partial charge >= 0.3 is 0 Å². The average Bonchev–Trinajstić information content (AvgIpc) is 2.30. The molecule has 0 saturated carbocycles. The van der Waals surface area contributed by atoms with Crippen molar-refractivity contribution >= 4 is 5.82 Å². The summed E-state index contributed by atoms with van der Waals surface area (Å²) in [7, 11) is 0. The highest BCUT2D eigenvalue weighted by Gasteiger charge is 2.21. The maximum absolute atomic E-state index is 9.06. The Bertz CT molecular complexity index is 344. The summed E-state index contributed by atoms with van der Waals surface area (Å²) in [6, 6.07) is 5.66. The topological polar surface area (TPSA) is 54.4 Å². The molecular weight excluding hydrogens is 216 g/mol. The number of hydrogen-bond donors (Lipinski definition) is 2. The van der Waals surface area contributed by atoms with E-state index in [0.717, 1.165) is 12.2 Å². The molecule has 17 heavy (non-hydrogen) atoms. The van der Waals surface area contributed by atoms with Crippen molar-refractivity contribution < 1.29 is 9.84 Å². The fourth-order valence-electron chi connectivity index (χ4n) is 1.60. The van der Waals surface area contributed by atoms with E-state index in [-0.39, 0.29) is 12.1 Å². The number of hydrogen-bond acceptors (Lipinski definition) is 4. The maximum Gasteiger partial charge on any atom is 0.215 e. The fraction of sp³-hybridized carbons (Fsp3) is 0.615. The largest absolute Gasteiger partial charge is 0.478 e. The molecule has 0 aliphatic carbocycles. The second kappa shape index (κ2) is 6.45. The Kier molecular flexibility index (Phi) is 5.22. The quantitative estimate of drug-likeness (QED) is 0.766. The van der Waals surface area contributed by atoms with Crippen LogP contribution in [-0.4, -0.2) is 28.8 Å². The number of pyridine rings is 1. The van der Waals surface area contributed by atoms with E-state index in [0.29, 0.717) is 18.9 Å². The van der Waals surface area contributed by atoms with Crippen molar-refractivity contribution in [2.75, 3.05) is 18.5 Å². The molecule has 0 spiro atoms. The summed E-state index contributed by atoms with van der Waals surface area (Å²) < 4.78 is 5.35. The van der Waals surface area contributed by atoms with E-state index in [1.165, 1.54) is 0 Å². The van der Waals surface area contributed by atoms with Gasteiger partial charge in [0.15, 0.2) is 0 Å². The first-order valence-corrected chi connectivity index (χ1v) is 6.12. The van der Waals surface area contributed by atoms with E-state index in [9.17, 15) is 0 Å². The molecule has 1 atom stereocenters. The molecule has 0 radical (unpaired) electrons. The number of nitrogens with zero attached hydrogens (tertiary/aromatic N) is 1. The van der Waals surface area contributed by atoms with Gasteiger partial charge in [0.1, 0.15) is 5.82 Å². The molecule has 96 valence electrons. The second-order valence-corrected chi connectivity index (χ2v) is 4.31. The van der Waals surface area contributed by atoms with Crippen molar-refractivity contribution in [1.29, 1.82) is 0 Å². The van der Waals surface area contributed by atoms with Gasteiger partial charge in [-0.2, -0.15) is 4.98 Å². The molecule has 1 aromatic heterocycles. The third kappa shape index (κ3) is 4.23. The van der Waals surface area contributed by atoms with Gasteiger partial charge in [0.25, 0.3) is 0 Å². The Morgan fingerprint density at radius 3 is 2.76 bits per heavy atom. The van der Waals surface area contributed by atoms with Crippen LogP contribution in [0.15, 0.2) is 18.2 Å². The lowest BCUT2D eigenvalue weighted by Crippen LogP contribution is -2.35. The van der Waals surface area contributed by atoms with E-state index in [2.05, 4.69) is 24.1 Å². The van der Waals surface area contributed by atoms with Crippen LogP contribution in [0.2, 0.25) is 0 Å². The first-order chi connectivity index (χ1) is 8.13. The van der Waals surface area contributed by atoms with Crippen molar-refractivity contribution in [3.63, 3.8) is 0 Å². The highest BCUT2D eigenvalue weighted by atomic mass is 16.5. The molecule has 4 heteroatoms. The van der Waals surface area contributed by atoms with Crippen molar-refractivity contribution in [2.24, 2.45) is 0 Å². The van der Waals surface area contributed by atoms with Gasteiger partial charge in [-0.25, -0.2) is 0 Å². The molecule has 1 rings (SSSR count). The van der Waals surface area contributed by atoms with Gasteiger partial charge in [0, 0.05) is 18.2 Å². The molecule has 0 saturated heterocycles. The Hall–Kier alpha value is -1.29. The molecule has 0 aromatic carbocycles. The fourth-order valence-corrected chi connectivity index (χ4v) is 1.60. The van der Waals surface area contributed by atoms with Crippen LogP contribution in [0.5, 0.6) is 5.88 Å². The lowest BCUT2D eigenvalue weighted by atomic mass is 9.95. The monoisotopic (exact) mass is 238 g/mol. The second-order valence-electron chi connectivity index (χ2n) is 4.31. The van der Waals surface area contributed by atoms with Crippen LogP contribution in [0.3, 0.4) is 0 Å². The number of rotatable bonds is 7. The maximum atomic E-state index is 9.06. The molecule has 0 bridgehead atoms. The Morgan fingerprint density at radius 2 is 2.18 bits per heavy atom. The first kappa shape index (κ1) is 13.8. The van der Waals surface area contributed by atoms with Gasteiger partial charge in [-0.15, -0.1) is 0 Å². The molecule has 0 fully saturated rings. The van der Waals surface area contributed by atoms with Crippen molar-refractivity contribution in [1.82, 2.24) is 4.98 Å². The minimum Gasteiger partial charge on any atom is -0.478 e. The number of ether oxygens (including phenoxy) is 1. The predicted molar refractivity (Wildman–Crippen MR) is 69.4 cm³/mol. The van der Waals surface area contributed by atoms with Crippen LogP contribution in [0.1, 0.15) is 33.6 Å². The Balaban J connectivity index is 2.75.